The summed E-state index contributed by atoms with van der Waals surface area (Å²) in [6.07, 6.45) is -1.06. The maximum atomic E-state index is 12.6. The molecule has 13 heteroatoms. The van der Waals surface area contributed by atoms with E-state index in [-0.39, 0.29) is 50.8 Å². The van der Waals surface area contributed by atoms with Crippen molar-refractivity contribution in [2.75, 3.05) is 32.9 Å². The molecular weight excluding hydrogens is 558 g/mol. The Kier molecular flexibility index (Phi) is 13.2. The minimum absolute atomic E-state index is 0.00975. The quantitative estimate of drug-likeness (QED) is 0.220. The molecule has 1 aromatic carbocycles. The second-order valence-corrected chi connectivity index (χ2v) is 12.3. The van der Waals surface area contributed by atoms with Crippen LogP contribution in [0, 0.1) is 18.8 Å². The number of benzene rings is 1. The van der Waals surface area contributed by atoms with Gasteiger partial charge in [0.05, 0.1) is 36.1 Å². The number of ether oxygens (including phenoxy) is 4. The monoisotopic (exact) mass is 598 g/mol. The Morgan fingerprint density at radius 2 is 2.05 bits per heavy atom. The molecule has 1 saturated heterocycles. The third-order valence-electron chi connectivity index (χ3n) is 6.29. The lowest BCUT2D eigenvalue weighted by Crippen LogP contribution is -2.50. The van der Waals surface area contributed by atoms with Gasteiger partial charge in [0.25, 0.3) is 0 Å². The van der Waals surface area contributed by atoms with Gasteiger partial charge in [0, 0.05) is 35.7 Å². The number of aromatic nitrogens is 1. The second kappa shape index (κ2) is 16.3. The lowest BCUT2D eigenvalue weighted by molar-refractivity contribution is -0.134. The smallest absolute Gasteiger partial charge is 0.407 e. The van der Waals surface area contributed by atoms with Gasteiger partial charge in [-0.25, -0.2) is 14.1 Å². The molecule has 0 aliphatic carbocycles. The lowest BCUT2D eigenvalue weighted by atomic mass is 10.0. The Hall–Kier alpha value is -2.13. The van der Waals surface area contributed by atoms with Crippen LogP contribution in [0.1, 0.15) is 43.5 Å². The first kappa shape index (κ1) is 32.4. The van der Waals surface area contributed by atoms with Crippen molar-refractivity contribution in [1.82, 2.24) is 14.6 Å². The highest BCUT2D eigenvalue weighted by atomic mass is 32.2. The van der Waals surface area contributed by atoms with Crippen LogP contribution in [0.3, 0.4) is 0 Å². The van der Waals surface area contributed by atoms with E-state index < -0.39 is 29.5 Å². The molecule has 1 aliphatic rings. The molecule has 2 heterocycles. The van der Waals surface area contributed by atoms with Crippen LogP contribution < -0.4 is 10.1 Å². The first-order chi connectivity index (χ1) is 19.1. The average molecular weight is 599 g/mol. The normalized spacial score (nSPS) is 19.5. The first-order valence-electron chi connectivity index (χ1n) is 13.4. The van der Waals surface area contributed by atoms with E-state index in [1.807, 2.05) is 45.2 Å². The van der Waals surface area contributed by atoms with Crippen molar-refractivity contribution in [3.05, 3.63) is 45.9 Å². The molecule has 0 bridgehead atoms. The number of alkyl carbamates (subject to hydrolysis) is 1. The maximum Gasteiger partial charge on any atom is 0.407 e. The molecule has 40 heavy (non-hydrogen) atoms. The van der Waals surface area contributed by atoms with Crippen molar-refractivity contribution in [1.29, 1.82) is 0 Å². The highest BCUT2D eigenvalue weighted by Gasteiger charge is 2.27. The topological polar surface area (TPSA) is 143 Å². The van der Waals surface area contributed by atoms with Gasteiger partial charge in [0.15, 0.2) is 6.29 Å². The van der Waals surface area contributed by atoms with Crippen molar-refractivity contribution in [2.45, 2.75) is 65.6 Å². The number of carbonyl (C=O) groups is 1. The molecule has 5 atom stereocenters. The zero-order chi connectivity index (χ0) is 29.1. The Balaban J connectivity index is 1.58. The van der Waals surface area contributed by atoms with Gasteiger partial charge < -0.3 is 33.9 Å². The summed E-state index contributed by atoms with van der Waals surface area (Å²) in [7, 11) is 0. The molecule has 0 radical (unpaired) electrons. The second-order valence-electron chi connectivity index (χ2n) is 10.3. The maximum absolute atomic E-state index is 12.6. The van der Waals surface area contributed by atoms with E-state index >= 15 is 0 Å². The predicted molar refractivity (Wildman–Crippen MR) is 150 cm³/mol. The van der Waals surface area contributed by atoms with E-state index in [0.717, 1.165) is 27.0 Å². The fourth-order valence-corrected chi connectivity index (χ4v) is 5.50. The third-order valence-corrected chi connectivity index (χ3v) is 7.83. The molecule has 0 saturated carbocycles. The van der Waals surface area contributed by atoms with Crippen LogP contribution in [-0.4, -0.2) is 80.6 Å². The molecule has 224 valence electrons. The summed E-state index contributed by atoms with van der Waals surface area (Å²) in [6.45, 7) is 9.00. The summed E-state index contributed by atoms with van der Waals surface area (Å²) in [5.41, 5.74) is 1.67. The number of hydrogen-bond donors (Lipinski definition) is 2. The van der Waals surface area contributed by atoms with Crippen molar-refractivity contribution in [2.24, 2.45) is 11.8 Å². The molecule has 11 nitrogen and oxygen atoms in total. The van der Waals surface area contributed by atoms with E-state index in [1.165, 1.54) is 0 Å². The van der Waals surface area contributed by atoms with Crippen molar-refractivity contribution >= 4 is 28.7 Å². The number of carbonyl (C=O) groups excluding carboxylic acids is 1. The van der Waals surface area contributed by atoms with Gasteiger partial charge in [-0.1, -0.05) is 32.9 Å². The summed E-state index contributed by atoms with van der Waals surface area (Å²) < 4.78 is 46.8. The summed E-state index contributed by atoms with van der Waals surface area (Å²) in [6, 6.07) is 6.47. The van der Waals surface area contributed by atoms with Crippen LogP contribution in [0.2, 0.25) is 0 Å². The molecule has 1 fully saturated rings. The lowest BCUT2D eigenvalue weighted by Gasteiger charge is -2.31. The Morgan fingerprint density at radius 1 is 1.30 bits per heavy atom. The van der Waals surface area contributed by atoms with Gasteiger partial charge in [-0.3, -0.25) is 4.21 Å². The summed E-state index contributed by atoms with van der Waals surface area (Å²) in [4.78, 5) is 17.0. The van der Waals surface area contributed by atoms with Crippen LogP contribution in [-0.2, 0) is 38.5 Å². The fraction of sp³-hybridized carbons (Fsp3) is 0.630. The molecule has 1 aliphatic heterocycles. The van der Waals surface area contributed by atoms with Crippen molar-refractivity contribution in [3.8, 4) is 5.75 Å². The Labute approximate surface area is 242 Å². The van der Waals surface area contributed by atoms with Crippen LogP contribution in [0.25, 0.3) is 0 Å². The number of nitrogens with one attached hydrogen (secondary N) is 1. The van der Waals surface area contributed by atoms with E-state index in [2.05, 4.69) is 10.3 Å². The van der Waals surface area contributed by atoms with Gasteiger partial charge in [-0.05, 0) is 43.4 Å². The van der Waals surface area contributed by atoms with Crippen LogP contribution >= 0.6 is 11.3 Å². The highest BCUT2D eigenvalue weighted by molar-refractivity contribution is 7.76. The Bertz CT molecular complexity index is 1070. The predicted octanol–water partition coefficient (Wildman–Crippen LogP) is 3.18. The molecule has 0 spiro atoms. The summed E-state index contributed by atoms with van der Waals surface area (Å²) in [5.74, 6) is 1.00. The zero-order valence-corrected chi connectivity index (χ0v) is 25.1. The SMILES string of the molecule is Cc1nc(COc2ccc(CC(NC(=O)OCCOC3OCCC3C)C(O)CN(CC(C)C)S(=O)[O-])cc2)cs1. The number of aryl methyl sites for hydroxylation is 1. The molecule has 5 unspecified atom stereocenters. The molecule has 1 amide bonds. The van der Waals surface area contributed by atoms with Crippen molar-refractivity contribution < 1.29 is 37.6 Å². The average Bonchev–Trinajstić information content (AvgIpc) is 3.52. The number of rotatable bonds is 16. The minimum Gasteiger partial charge on any atom is -0.760 e. The number of aliphatic hydroxyl groups is 1. The fourth-order valence-electron chi connectivity index (χ4n) is 4.20. The molecule has 2 N–H and O–H groups in total. The van der Waals surface area contributed by atoms with Crippen LogP contribution in [0.4, 0.5) is 4.79 Å². The largest absolute Gasteiger partial charge is 0.760 e. The van der Waals surface area contributed by atoms with Gasteiger partial charge in [0.2, 0.25) is 0 Å². The molecule has 1 aromatic heterocycles. The Morgan fingerprint density at radius 3 is 2.65 bits per heavy atom. The first-order valence-corrected chi connectivity index (χ1v) is 15.3. The minimum atomic E-state index is -2.52. The summed E-state index contributed by atoms with van der Waals surface area (Å²) in [5, 5.41) is 16.6. The number of nitrogens with zero attached hydrogens (tertiary/aromatic N) is 2. The number of amides is 1. The number of thiazole rings is 1. The third kappa shape index (κ3) is 11.0. The number of hydrogen-bond acceptors (Lipinski definition) is 10. The van der Waals surface area contributed by atoms with Gasteiger partial charge in [0.1, 0.15) is 19.0 Å². The van der Waals surface area contributed by atoms with Crippen LogP contribution in [0.5, 0.6) is 5.75 Å². The highest BCUT2D eigenvalue weighted by Crippen LogP contribution is 2.21. The van der Waals surface area contributed by atoms with Crippen molar-refractivity contribution in [3.63, 3.8) is 0 Å². The van der Waals surface area contributed by atoms with Gasteiger partial charge in [-0.2, -0.15) is 0 Å². The van der Waals surface area contributed by atoms with Gasteiger partial charge in [-0.15, -0.1) is 11.3 Å². The molecule has 3 rings (SSSR count). The molecule has 2 aromatic rings. The van der Waals surface area contributed by atoms with Gasteiger partial charge >= 0.3 is 6.09 Å². The van der Waals surface area contributed by atoms with E-state index in [9.17, 15) is 18.7 Å². The zero-order valence-electron chi connectivity index (χ0n) is 23.4. The number of aliphatic hydroxyl groups excluding tert-OH is 1. The van der Waals surface area contributed by atoms with E-state index in [0.29, 0.717) is 19.0 Å². The van der Waals surface area contributed by atoms with E-state index in [1.54, 1.807) is 23.5 Å². The van der Waals surface area contributed by atoms with E-state index in [4.69, 9.17) is 18.9 Å². The molecular formula is C27H40N3O8S2-. The standard InChI is InChI=1S/C27H41N3O8S2/c1-18(2)14-30(40(33)34)15-25(31)24(29-27(32)37-12-11-36-26-19(3)9-10-35-26)13-21-5-7-23(8-6-21)38-16-22-17-39-20(4)28-22/h5-8,17-19,24-26,31H,9-16H2,1-4H3,(H,29,32)(H,33,34)/p-1. The van der Waals surface area contributed by atoms with Crippen LogP contribution in [0.15, 0.2) is 29.6 Å². The summed E-state index contributed by atoms with van der Waals surface area (Å²) >= 11 is -0.958.